The minimum Gasteiger partial charge on any atom is -0.497 e. The zero-order valence-corrected chi connectivity index (χ0v) is 18.0. The molecule has 5 rings (SSSR count). The lowest BCUT2D eigenvalue weighted by molar-refractivity contribution is 0.0627. The fraction of sp³-hybridized carbons (Fsp3) is 0.500. The van der Waals surface area contributed by atoms with E-state index in [1.54, 1.807) is 13.2 Å². The molecule has 1 N–H and O–H groups in total. The van der Waals surface area contributed by atoms with Crippen molar-refractivity contribution in [1.82, 2.24) is 19.7 Å². The van der Waals surface area contributed by atoms with E-state index in [4.69, 9.17) is 4.74 Å². The first-order valence-electron chi connectivity index (χ1n) is 11.2. The number of pyridine rings is 1. The molecule has 2 saturated heterocycles. The molecule has 164 valence electrons. The zero-order chi connectivity index (χ0) is 21.4. The molecule has 2 aromatic rings. The van der Waals surface area contributed by atoms with Crippen molar-refractivity contribution in [2.45, 2.75) is 25.4 Å². The molecule has 0 spiro atoms. The number of benzene rings is 1. The molecule has 7 nitrogen and oxygen atoms in total. The molecule has 4 heterocycles. The van der Waals surface area contributed by atoms with Crippen LogP contribution in [-0.2, 0) is 13.1 Å². The van der Waals surface area contributed by atoms with E-state index in [2.05, 4.69) is 16.3 Å². The van der Waals surface area contributed by atoms with Crippen molar-refractivity contribution in [1.29, 1.82) is 0 Å². The van der Waals surface area contributed by atoms with Crippen molar-refractivity contribution >= 4 is 5.91 Å². The van der Waals surface area contributed by atoms with E-state index >= 15 is 0 Å². The number of carbonyl (C=O) groups is 1. The van der Waals surface area contributed by atoms with Crippen LogP contribution in [0.2, 0.25) is 0 Å². The highest BCUT2D eigenvalue weighted by molar-refractivity contribution is 5.94. The van der Waals surface area contributed by atoms with Crippen LogP contribution in [0.15, 0.2) is 41.2 Å². The van der Waals surface area contributed by atoms with Crippen molar-refractivity contribution in [3.05, 3.63) is 63.6 Å². The second-order valence-corrected chi connectivity index (χ2v) is 8.96. The van der Waals surface area contributed by atoms with E-state index in [0.717, 1.165) is 38.3 Å². The summed E-state index contributed by atoms with van der Waals surface area (Å²) < 4.78 is 7.26. The Labute approximate surface area is 182 Å². The molecule has 7 heteroatoms. The molecule has 0 radical (unpaired) electrons. The van der Waals surface area contributed by atoms with Crippen molar-refractivity contribution in [2.24, 2.45) is 5.92 Å². The lowest BCUT2D eigenvalue weighted by Crippen LogP contribution is -2.49. The van der Waals surface area contributed by atoms with Gasteiger partial charge in [-0.1, -0.05) is 12.1 Å². The number of fused-ring (bicyclic) bond motifs is 4. The Balaban J connectivity index is 1.23. The summed E-state index contributed by atoms with van der Waals surface area (Å²) in [6.07, 6.45) is 1.19. The van der Waals surface area contributed by atoms with E-state index in [0.29, 0.717) is 42.8 Å². The number of hydrogen-bond donors (Lipinski definition) is 1. The Bertz CT molecular complexity index is 1030. The molecule has 3 aliphatic rings. The minimum absolute atomic E-state index is 0.0348. The third-order valence-corrected chi connectivity index (χ3v) is 6.96. The smallest absolute Gasteiger partial charge is 0.255 e. The molecule has 3 aliphatic heterocycles. The van der Waals surface area contributed by atoms with Crippen molar-refractivity contribution in [3.8, 4) is 5.75 Å². The van der Waals surface area contributed by atoms with E-state index in [1.807, 2.05) is 33.7 Å². The molecular weight excluding hydrogens is 392 g/mol. The van der Waals surface area contributed by atoms with Gasteiger partial charge in [0.1, 0.15) is 5.75 Å². The van der Waals surface area contributed by atoms with Crippen LogP contribution in [0.4, 0.5) is 0 Å². The van der Waals surface area contributed by atoms with Gasteiger partial charge in [-0.25, -0.2) is 0 Å². The van der Waals surface area contributed by atoms with Crippen LogP contribution in [0, 0.1) is 5.92 Å². The van der Waals surface area contributed by atoms with Gasteiger partial charge < -0.3 is 19.5 Å². The van der Waals surface area contributed by atoms with Gasteiger partial charge in [0.15, 0.2) is 0 Å². The number of methoxy groups -OCH3 is 1. The van der Waals surface area contributed by atoms with Gasteiger partial charge in [0.25, 0.3) is 11.5 Å². The van der Waals surface area contributed by atoms with Gasteiger partial charge in [-0.15, -0.1) is 0 Å². The maximum Gasteiger partial charge on any atom is 0.255 e. The van der Waals surface area contributed by atoms with Crippen LogP contribution in [0.3, 0.4) is 0 Å². The average Bonchev–Trinajstić information content (AvgIpc) is 2.81. The van der Waals surface area contributed by atoms with Crippen molar-refractivity contribution in [2.75, 3.05) is 46.4 Å². The van der Waals surface area contributed by atoms with E-state index in [9.17, 15) is 9.59 Å². The van der Waals surface area contributed by atoms with E-state index in [1.165, 1.54) is 12.1 Å². The Morgan fingerprint density at radius 1 is 1.13 bits per heavy atom. The summed E-state index contributed by atoms with van der Waals surface area (Å²) >= 11 is 0. The third kappa shape index (κ3) is 4.00. The molecule has 2 bridgehead atoms. The molecule has 2 atom stereocenters. The van der Waals surface area contributed by atoms with Gasteiger partial charge in [-0.2, -0.15) is 0 Å². The van der Waals surface area contributed by atoms with Gasteiger partial charge in [0.2, 0.25) is 0 Å². The fourth-order valence-electron chi connectivity index (χ4n) is 5.24. The molecule has 0 saturated carbocycles. The Morgan fingerprint density at radius 2 is 1.97 bits per heavy atom. The summed E-state index contributed by atoms with van der Waals surface area (Å²) in [6.45, 7) is 6.32. The maximum atomic E-state index is 13.2. The topological polar surface area (TPSA) is 66.8 Å². The molecule has 2 fully saturated rings. The first-order valence-corrected chi connectivity index (χ1v) is 11.2. The molecular formula is C24H30N4O3. The number of carbonyl (C=O) groups excluding carboxylic acids is 1. The summed E-state index contributed by atoms with van der Waals surface area (Å²) in [6, 6.07) is 11.5. The van der Waals surface area contributed by atoms with Crippen LogP contribution in [0.5, 0.6) is 5.75 Å². The zero-order valence-electron chi connectivity index (χ0n) is 18.0. The quantitative estimate of drug-likeness (QED) is 0.809. The first kappa shape index (κ1) is 20.3. The number of piperidine rings is 1. The fourth-order valence-corrected chi connectivity index (χ4v) is 5.24. The molecule has 1 aromatic carbocycles. The molecule has 0 aliphatic carbocycles. The lowest BCUT2D eigenvalue weighted by Gasteiger charge is -2.38. The van der Waals surface area contributed by atoms with Gasteiger partial charge in [0, 0.05) is 68.6 Å². The number of aromatic nitrogens is 1. The van der Waals surface area contributed by atoms with Crippen molar-refractivity contribution in [3.63, 3.8) is 0 Å². The predicted octanol–water partition coefficient (Wildman–Crippen LogP) is 1.52. The third-order valence-electron chi connectivity index (χ3n) is 6.96. The monoisotopic (exact) mass is 422 g/mol. The second-order valence-electron chi connectivity index (χ2n) is 8.96. The highest BCUT2D eigenvalue weighted by Crippen LogP contribution is 2.31. The highest BCUT2D eigenvalue weighted by Gasteiger charge is 2.31. The molecule has 31 heavy (non-hydrogen) atoms. The summed E-state index contributed by atoms with van der Waals surface area (Å²) in [4.78, 5) is 30.2. The molecule has 1 aromatic heterocycles. The summed E-state index contributed by atoms with van der Waals surface area (Å²) in [5.74, 6) is 1.75. The van der Waals surface area contributed by atoms with Crippen molar-refractivity contribution < 1.29 is 9.53 Å². The predicted molar refractivity (Wildman–Crippen MR) is 119 cm³/mol. The molecule has 0 unspecified atom stereocenters. The normalized spacial score (nSPS) is 23.3. The van der Waals surface area contributed by atoms with Gasteiger partial charge in [0.05, 0.1) is 7.11 Å². The molecule has 1 amide bonds. The Kier molecular flexibility index (Phi) is 5.54. The number of amides is 1. The highest BCUT2D eigenvalue weighted by atomic mass is 16.5. The van der Waals surface area contributed by atoms with Crippen LogP contribution in [0.1, 0.15) is 34.0 Å². The Hall–Kier alpha value is -2.64. The van der Waals surface area contributed by atoms with E-state index in [-0.39, 0.29) is 11.5 Å². The second kappa shape index (κ2) is 8.48. The first-order chi connectivity index (χ1) is 15.1. The summed E-state index contributed by atoms with van der Waals surface area (Å²) in [5, 5.41) is 3.50. The number of ether oxygens (including phenoxy) is 1. The minimum atomic E-state index is 0.0348. The standard InChI is InChI=1S/C24H30N4O3/c1-31-21-4-2-3-18(12-21)23(29)27-9-7-26(8-10-27)16-19-5-6-22-20-11-17(13-25-14-20)15-28(22)24(19)30/h2-6,12,17,20,25H,7-11,13-16H2,1H3/t17-,20+/m0/s1. The number of nitrogens with zero attached hydrogens (tertiary/aromatic N) is 3. The summed E-state index contributed by atoms with van der Waals surface area (Å²) in [5.41, 5.74) is 2.87. The average molecular weight is 423 g/mol. The number of hydrogen-bond acceptors (Lipinski definition) is 5. The Morgan fingerprint density at radius 3 is 2.77 bits per heavy atom. The number of rotatable bonds is 4. The van der Waals surface area contributed by atoms with Gasteiger partial charge in [-0.3, -0.25) is 14.5 Å². The van der Waals surface area contributed by atoms with Crippen LogP contribution >= 0.6 is 0 Å². The van der Waals surface area contributed by atoms with Crippen LogP contribution in [0.25, 0.3) is 0 Å². The van der Waals surface area contributed by atoms with E-state index < -0.39 is 0 Å². The van der Waals surface area contributed by atoms with Gasteiger partial charge in [-0.05, 0) is 43.1 Å². The number of piperazine rings is 1. The van der Waals surface area contributed by atoms with Crippen LogP contribution in [-0.4, -0.2) is 66.7 Å². The van der Waals surface area contributed by atoms with Gasteiger partial charge >= 0.3 is 0 Å². The lowest BCUT2D eigenvalue weighted by atomic mass is 9.84. The SMILES string of the molecule is COc1cccc(C(=O)N2CCN(Cc3ccc4n(c3=O)C[C@@H]3CNC[C@H]4C3)CC2)c1. The maximum absolute atomic E-state index is 13.2. The number of nitrogens with one attached hydrogen (secondary N) is 1. The summed E-state index contributed by atoms with van der Waals surface area (Å²) in [7, 11) is 1.61. The largest absolute Gasteiger partial charge is 0.497 e. The van der Waals surface area contributed by atoms with Crippen LogP contribution < -0.4 is 15.6 Å².